The zero-order chi connectivity index (χ0) is 14.8. The average molecular weight is 275 g/mol. The molecule has 0 saturated heterocycles. The molecule has 0 aliphatic heterocycles. The summed E-state index contributed by atoms with van der Waals surface area (Å²) in [5.74, 6) is 2.38. The number of methoxy groups -OCH3 is 1. The molecule has 2 nitrogen and oxygen atoms in total. The van der Waals surface area contributed by atoms with Gasteiger partial charge in [0, 0.05) is 12.6 Å². The van der Waals surface area contributed by atoms with Crippen LogP contribution in [-0.2, 0) is 0 Å². The molecular formula is C18H29NO. The summed E-state index contributed by atoms with van der Waals surface area (Å²) in [6, 6.07) is 9.24. The van der Waals surface area contributed by atoms with E-state index in [9.17, 15) is 0 Å². The van der Waals surface area contributed by atoms with Gasteiger partial charge in [0.25, 0.3) is 0 Å². The lowest BCUT2D eigenvalue weighted by Crippen LogP contribution is -2.45. The van der Waals surface area contributed by atoms with Crippen LogP contribution in [0, 0.1) is 11.3 Å². The Hall–Kier alpha value is -1.02. The van der Waals surface area contributed by atoms with E-state index in [4.69, 9.17) is 4.74 Å². The molecule has 1 saturated carbocycles. The fraction of sp³-hybridized carbons (Fsp3) is 0.667. The Morgan fingerprint density at radius 2 is 1.80 bits per heavy atom. The van der Waals surface area contributed by atoms with Gasteiger partial charge in [-0.3, -0.25) is 0 Å². The summed E-state index contributed by atoms with van der Waals surface area (Å²) in [6.45, 7) is 10.4. The van der Waals surface area contributed by atoms with Crippen molar-refractivity contribution < 1.29 is 4.74 Å². The van der Waals surface area contributed by atoms with Crippen molar-refractivity contribution >= 4 is 0 Å². The summed E-state index contributed by atoms with van der Waals surface area (Å²) in [4.78, 5) is 0. The van der Waals surface area contributed by atoms with Crippen LogP contribution in [0.4, 0.5) is 0 Å². The van der Waals surface area contributed by atoms with Crippen molar-refractivity contribution in [3.63, 3.8) is 0 Å². The van der Waals surface area contributed by atoms with Crippen LogP contribution < -0.4 is 10.1 Å². The lowest BCUT2D eigenvalue weighted by molar-refractivity contribution is 0.197. The van der Waals surface area contributed by atoms with Crippen molar-refractivity contribution in [3.05, 3.63) is 29.8 Å². The molecule has 0 atom stereocenters. The highest BCUT2D eigenvalue weighted by molar-refractivity contribution is 5.30. The molecule has 1 aromatic rings. The van der Waals surface area contributed by atoms with Crippen LogP contribution in [0.1, 0.15) is 52.0 Å². The molecule has 0 amide bonds. The number of hydrogen-bond acceptors (Lipinski definition) is 2. The van der Waals surface area contributed by atoms with Gasteiger partial charge < -0.3 is 10.1 Å². The van der Waals surface area contributed by atoms with Gasteiger partial charge in [-0.05, 0) is 47.8 Å². The van der Waals surface area contributed by atoms with Gasteiger partial charge in [0.1, 0.15) is 5.75 Å². The number of ether oxygens (including phenoxy) is 1. The summed E-state index contributed by atoms with van der Waals surface area (Å²) in [7, 11) is 1.72. The maximum atomic E-state index is 5.21. The van der Waals surface area contributed by atoms with Crippen molar-refractivity contribution in [2.75, 3.05) is 13.7 Å². The molecule has 112 valence electrons. The number of nitrogens with one attached hydrogen (secondary N) is 1. The van der Waals surface area contributed by atoms with Crippen LogP contribution in [0.15, 0.2) is 24.3 Å². The minimum Gasteiger partial charge on any atom is -0.497 e. The van der Waals surface area contributed by atoms with Gasteiger partial charge in [-0.15, -0.1) is 0 Å². The van der Waals surface area contributed by atoms with Gasteiger partial charge in [-0.1, -0.05) is 39.8 Å². The van der Waals surface area contributed by atoms with Crippen LogP contribution in [0.2, 0.25) is 0 Å². The molecule has 1 aromatic carbocycles. The Labute approximate surface area is 123 Å². The number of rotatable bonds is 6. The molecular weight excluding hydrogens is 246 g/mol. The molecule has 0 heterocycles. The van der Waals surface area contributed by atoms with Gasteiger partial charge in [0.15, 0.2) is 0 Å². The second kappa shape index (κ2) is 6.17. The maximum Gasteiger partial charge on any atom is 0.118 e. The molecule has 0 unspecified atom stereocenters. The zero-order valence-corrected chi connectivity index (χ0v) is 13.6. The Morgan fingerprint density at radius 3 is 2.30 bits per heavy atom. The first kappa shape index (κ1) is 15.4. The third-order valence-electron chi connectivity index (χ3n) is 5.13. The molecule has 2 heteroatoms. The third kappa shape index (κ3) is 3.54. The number of hydrogen-bond donors (Lipinski definition) is 1. The Morgan fingerprint density at radius 1 is 1.20 bits per heavy atom. The van der Waals surface area contributed by atoms with E-state index in [0.29, 0.717) is 17.4 Å². The highest BCUT2D eigenvalue weighted by atomic mass is 16.5. The van der Waals surface area contributed by atoms with Crippen molar-refractivity contribution in [2.45, 2.75) is 52.5 Å². The highest BCUT2D eigenvalue weighted by Gasteiger charge is 2.32. The molecule has 0 bridgehead atoms. The topological polar surface area (TPSA) is 21.3 Å². The predicted octanol–water partition coefficient (Wildman–Crippen LogP) is 4.21. The molecule has 1 N–H and O–H groups in total. The zero-order valence-electron chi connectivity index (χ0n) is 13.6. The fourth-order valence-electron chi connectivity index (χ4n) is 2.54. The second-order valence-corrected chi connectivity index (χ2v) is 7.16. The lowest BCUT2D eigenvalue weighted by atomic mass is 9.74. The standard InChI is InChI=1S/C18H29NO/c1-13(2)18(3,4)12-19-16-10-15(11-16)14-6-8-17(20-5)9-7-14/h6-9,13,15-16,19H,10-12H2,1-5H3. The fourth-order valence-corrected chi connectivity index (χ4v) is 2.54. The van der Waals surface area contributed by atoms with Crippen LogP contribution in [0.5, 0.6) is 5.75 Å². The van der Waals surface area contributed by atoms with E-state index >= 15 is 0 Å². The summed E-state index contributed by atoms with van der Waals surface area (Å²) >= 11 is 0. The van der Waals surface area contributed by atoms with Crippen LogP contribution in [0.25, 0.3) is 0 Å². The van der Waals surface area contributed by atoms with Crippen molar-refractivity contribution in [1.82, 2.24) is 5.32 Å². The molecule has 2 rings (SSSR count). The van der Waals surface area contributed by atoms with Gasteiger partial charge >= 0.3 is 0 Å². The van der Waals surface area contributed by atoms with E-state index in [0.717, 1.165) is 18.2 Å². The Balaban J connectivity index is 1.77. The van der Waals surface area contributed by atoms with E-state index in [-0.39, 0.29) is 0 Å². The molecule has 0 aromatic heterocycles. The third-order valence-corrected chi connectivity index (χ3v) is 5.13. The van der Waals surface area contributed by atoms with Crippen LogP contribution in [0.3, 0.4) is 0 Å². The first-order valence-corrected chi connectivity index (χ1v) is 7.79. The first-order chi connectivity index (χ1) is 9.42. The minimum atomic E-state index is 0.380. The highest BCUT2D eigenvalue weighted by Crippen LogP contribution is 2.38. The molecule has 1 aliphatic rings. The van der Waals surface area contributed by atoms with Crippen molar-refractivity contribution in [3.8, 4) is 5.75 Å². The number of benzene rings is 1. The van der Waals surface area contributed by atoms with Gasteiger partial charge in [0.2, 0.25) is 0 Å². The largest absolute Gasteiger partial charge is 0.497 e. The van der Waals surface area contributed by atoms with Crippen molar-refractivity contribution in [1.29, 1.82) is 0 Å². The molecule has 0 spiro atoms. The van der Waals surface area contributed by atoms with E-state index in [2.05, 4.69) is 57.3 Å². The van der Waals surface area contributed by atoms with Gasteiger partial charge in [0.05, 0.1) is 7.11 Å². The minimum absolute atomic E-state index is 0.380. The summed E-state index contributed by atoms with van der Waals surface area (Å²) in [5.41, 5.74) is 1.83. The van der Waals surface area contributed by atoms with E-state index < -0.39 is 0 Å². The Kier molecular flexibility index (Phi) is 4.74. The first-order valence-electron chi connectivity index (χ1n) is 7.79. The second-order valence-electron chi connectivity index (χ2n) is 7.16. The van der Waals surface area contributed by atoms with E-state index in [1.54, 1.807) is 7.11 Å². The monoisotopic (exact) mass is 275 g/mol. The quantitative estimate of drug-likeness (QED) is 0.839. The Bertz CT molecular complexity index is 416. The van der Waals surface area contributed by atoms with Gasteiger partial charge in [-0.2, -0.15) is 0 Å². The lowest BCUT2D eigenvalue weighted by Gasteiger charge is -2.39. The normalized spacial score (nSPS) is 22.7. The van der Waals surface area contributed by atoms with Crippen LogP contribution in [-0.4, -0.2) is 19.7 Å². The maximum absolute atomic E-state index is 5.21. The average Bonchev–Trinajstić information content (AvgIpc) is 2.37. The van der Waals surface area contributed by atoms with Crippen molar-refractivity contribution in [2.24, 2.45) is 11.3 Å². The van der Waals surface area contributed by atoms with Crippen LogP contribution >= 0.6 is 0 Å². The molecule has 1 fully saturated rings. The summed E-state index contributed by atoms with van der Waals surface area (Å²) in [5, 5.41) is 3.74. The molecule has 20 heavy (non-hydrogen) atoms. The van der Waals surface area contributed by atoms with E-state index in [1.807, 2.05) is 0 Å². The molecule has 1 aliphatic carbocycles. The van der Waals surface area contributed by atoms with Gasteiger partial charge in [-0.25, -0.2) is 0 Å². The summed E-state index contributed by atoms with van der Waals surface area (Å²) < 4.78 is 5.21. The molecule has 0 radical (unpaired) electrons. The summed E-state index contributed by atoms with van der Waals surface area (Å²) in [6.07, 6.45) is 2.53. The predicted molar refractivity (Wildman–Crippen MR) is 85.4 cm³/mol. The smallest absolute Gasteiger partial charge is 0.118 e. The van der Waals surface area contributed by atoms with E-state index in [1.165, 1.54) is 18.4 Å². The SMILES string of the molecule is COc1ccc(C2CC(NCC(C)(C)C(C)C)C2)cc1.